The summed E-state index contributed by atoms with van der Waals surface area (Å²) < 4.78 is 34.8. The van der Waals surface area contributed by atoms with Gasteiger partial charge >= 0.3 is 19.8 Å². The Labute approximate surface area is 580 Å². The molecule has 0 rings (SSSR count). The van der Waals surface area contributed by atoms with E-state index in [0.29, 0.717) is 17.4 Å². The third-order valence-electron chi connectivity index (χ3n) is 16.4. The van der Waals surface area contributed by atoms with Crippen molar-refractivity contribution in [2.45, 2.75) is 328 Å². The van der Waals surface area contributed by atoms with Crippen LogP contribution in [0.15, 0.2) is 146 Å². The minimum atomic E-state index is -4.40. The van der Waals surface area contributed by atoms with Gasteiger partial charge in [0.15, 0.2) is 6.10 Å². The Hall–Kier alpha value is -4.11. The van der Waals surface area contributed by atoms with E-state index in [0.717, 1.165) is 116 Å². The van der Waals surface area contributed by atoms with Crippen LogP contribution in [0, 0.1) is 0 Å². The van der Waals surface area contributed by atoms with Crippen LogP contribution >= 0.6 is 7.82 Å². The SMILES string of the molecule is CC/C=C\C/C=C\C/C=C\C/C=C\C/C=C\C/C=C\CCCCCCCCCCCCCCCCCCC(=O)OCC(COP(=O)(O)OCC[N+](C)(C)C)OC(=O)CCCCCCCCCCCCCCCCCC/C=C\C/C=C\C/C=C\C/C=C\C/C=C\C/C=C\CC. The number of rotatable bonds is 70. The molecule has 0 aromatic carbocycles. The molecule has 0 spiro atoms. The van der Waals surface area contributed by atoms with E-state index in [-0.39, 0.29) is 32.0 Å². The summed E-state index contributed by atoms with van der Waals surface area (Å²) in [5.74, 6) is -0.792. The first-order valence-electron chi connectivity index (χ1n) is 38.6. The lowest BCUT2D eigenvalue weighted by Gasteiger charge is -2.24. The fourth-order valence-corrected chi connectivity index (χ4v) is 11.3. The van der Waals surface area contributed by atoms with E-state index in [1.54, 1.807) is 0 Å². The van der Waals surface area contributed by atoms with Crippen LogP contribution in [0.2, 0.25) is 0 Å². The Morgan fingerprint density at radius 1 is 0.330 bits per heavy atom. The zero-order chi connectivity index (χ0) is 68.3. The van der Waals surface area contributed by atoms with E-state index < -0.39 is 26.5 Å². The fraction of sp³-hybridized carbons (Fsp3) is 0.690. The molecule has 2 unspecified atom stereocenters. The van der Waals surface area contributed by atoms with Crippen LogP contribution < -0.4 is 0 Å². The molecule has 0 aliphatic carbocycles. The number of hydrogen-bond donors (Lipinski definition) is 1. The monoisotopic (exact) mass is 1330 g/mol. The number of carbonyl (C=O) groups is 2. The number of phosphoric acid groups is 1. The second kappa shape index (κ2) is 73.1. The summed E-state index contributed by atoms with van der Waals surface area (Å²) >= 11 is 0. The summed E-state index contributed by atoms with van der Waals surface area (Å²) in [6.45, 7) is 4.23. The minimum absolute atomic E-state index is 0.0278. The number of phosphoric ester groups is 1. The molecule has 0 heterocycles. The molecule has 0 aromatic heterocycles. The van der Waals surface area contributed by atoms with E-state index in [1.807, 2.05) is 21.1 Å². The van der Waals surface area contributed by atoms with Crippen molar-refractivity contribution in [3.05, 3.63) is 146 Å². The first-order valence-corrected chi connectivity index (χ1v) is 40.1. The highest BCUT2D eigenvalue weighted by atomic mass is 31.2. The van der Waals surface area contributed by atoms with Crippen molar-refractivity contribution in [2.24, 2.45) is 0 Å². The van der Waals surface area contributed by atoms with Crippen molar-refractivity contribution >= 4 is 19.8 Å². The molecule has 10 heteroatoms. The van der Waals surface area contributed by atoms with Gasteiger partial charge in [-0.15, -0.1) is 0 Å². The summed E-state index contributed by atoms with van der Waals surface area (Å²) in [5, 5.41) is 0. The van der Waals surface area contributed by atoms with Gasteiger partial charge in [-0.3, -0.25) is 18.6 Å². The smallest absolute Gasteiger partial charge is 0.462 e. The van der Waals surface area contributed by atoms with Crippen LogP contribution in [0.5, 0.6) is 0 Å². The van der Waals surface area contributed by atoms with E-state index in [9.17, 15) is 19.0 Å². The third kappa shape index (κ3) is 76.9. The van der Waals surface area contributed by atoms with Gasteiger partial charge in [-0.05, 0) is 116 Å². The highest BCUT2D eigenvalue weighted by Crippen LogP contribution is 2.43. The molecule has 0 aromatic rings. The van der Waals surface area contributed by atoms with E-state index in [2.05, 4.69) is 160 Å². The lowest BCUT2D eigenvalue weighted by atomic mass is 10.0. The maximum absolute atomic E-state index is 12.9. The largest absolute Gasteiger partial charge is 0.472 e. The molecule has 538 valence electrons. The highest BCUT2D eigenvalue weighted by molar-refractivity contribution is 7.47. The van der Waals surface area contributed by atoms with Crippen molar-refractivity contribution in [3.8, 4) is 0 Å². The van der Waals surface area contributed by atoms with E-state index in [1.165, 1.54) is 173 Å². The molecule has 2 atom stereocenters. The highest BCUT2D eigenvalue weighted by Gasteiger charge is 2.27. The molecule has 94 heavy (non-hydrogen) atoms. The lowest BCUT2D eigenvalue weighted by Crippen LogP contribution is -2.37. The quantitative estimate of drug-likeness (QED) is 0.0211. The van der Waals surface area contributed by atoms with Gasteiger partial charge in [-0.25, -0.2) is 4.57 Å². The molecular weight excluding hydrogens is 1180 g/mol. The normalized spacial score (nSPS) is 13.9. The molecule has 0 bridgehead atoms. The number of ether oxygens (including phenoxy) is 2. The zero-order valence-corrected chi connectivity index (χ0v) is 62.3. The molecule has 0 aliphatic rings. The number of hydrogen-bond acceptors (Lipinski definition) is 7. The maximum Gasteiger partial charge on any atom is 0.472 e. The molecule has 0 fully saturated rings. The molecule has 0 saturated heterocycles. The number of carbonyl (C=O) groups excluding carboxylic acids is 2. The minimum Gasteiger partial charge on any atom is -0.462 e. The first-order chi connectivity index (χ1) is 46.0. The Kier molecular flexibility index (Phi) is 69.9. The maximum atomic E-state index is 12.9. The molecule has 0 radical (unpaired) electrons. The predicted octanol–water partition coefficient (Wildman–Crippen LogP) is 25.7. The second-order valence-electron chi connectivity index (χ2n) is 26.6. The van der Waals surface area contributed by atoms with Gasteiger partial charge in [0.25, 0.3) is 0 Å². The number of unbranched alkanes of at least 4 members (excludes halogenated alkanes) is 32. The van der Waals surface area contributed by atoms with Crippen LogP contribution in [-0.2, 0) is 32.7 Å². The van der Waals surface area contributed by atoms with Crippen molar-refractivity contribution in [1.82, 2.24) is 0 Å². The average molecular weight is 1330 g/mol. The van der Waals surface area contributed by atoms with Gasteiger partial charge in [0.05, 0.1) is 27.7 Å². The van der Waals surface area contributed by atoms with Gasteiger partial charge in [-0.2, -0.15) is 0 Å². The average Bonchev–Trinajstić information content (AvgIpc) is 2.35. The van der Waals surface area contributed by atoms with Crippen LogP contribution in [-0.4, -0.2) is 74.9 Å². The van der Waals surface area contributed by atoms with Crippen LogP contribution in [0.1, 0.15) is 322 Å². The number of nitrogens with zero attached hydrogens (tertiary/aromatic N) is 1. The molecular formula is C84H145NO8P+. The summed E-state index contributed by atoms with van der Waals surface area (Å²) in [5.41, 5.74) is 0. The summed E-state index contributed by atoms with van der Waals surface area (Å²) in [7, 11) is 1.48. The number of allylic oxidation sites excluding steroid dienone is 24. The Morgan fingerprint density at radius 3 is 0.851 bits per heavy atom. The number of quaternary nitrogens is 1. The summed E-state index contributed by atoms with van der Waals surface area (Å²) in [6.07, 6.45) is 108. The predicted molar refractivity (Wildman–Crippen MR) is 408 cm³/mol. The van der Waals surface area contributed by atoms with Gasteiger partial charge < -0.3 is 18.9 Å². The topological polar surface area (TPSA) is 108 Å². The number of esters is 2. The van der Waals surface area contributed by atoms with Crippen LogP contribution in [0.4, 0.5) is 0 Å². The molecule has 0 amide bonds. The zero-order valence-electron chi connectivity index (χ0n) is 61.4. The fourth-order valence-electron chi connectivity index (χ4n) is 10.6. The molecule has 0 aliphatic heterocycles. The van der Waals surface area contributed by atoms with E-state index in [4.69, 9.17) is 18.5 Å². The number of likely N-dealkylation sites (N-methyl/N-ethyl adjacent to an activating group) is 1. The molecule has 1 N–H and O–H groups in total. The second-order valence-corrected chi connectivity index (χ2v) is 28.1. The van der Waals surface area contributed by atoms with Crippen LogP contribution in [0.3, 0.4) is 0 Å². The Bertz CT molecular complexity index is 2100. The summed E-state index contributed by atoms with van der Waals surface area (Å²) in [6, 6.07) is 0. The Balaban J connectivity index is 4.00. The van der Waals surface area contributed by atoms with Gasteiger partial charge in [0.2, 0.25) is 0 Å². The van der Waals surface area contributed by atoms with Crippen molar-refractivity contribution < 1.29 is 42.1 Å². The summed E-state index contributed by atoms with van der Waals surface area (Å²) in [4.78, 5) is 36.0. The third-order valence-corrected chi connectivity index (χ3v) is 17.3. The lowest BCUT2D eigenvalue weighted by molar-refractivity contribution is -0.870. The van der Waals surface area contributed by atoms with Crippen molar-refractivity contribution in [1.29, 1.82) is 0 Å². The molecule has 0 saturated carbocycles. The van der Waals surface area contributed by atoms with Crippen molar-refractivity contribution in [2.75, 3.05) is 47.5 Å². The van der Waals surface area contributed by atoms with Crippen LogP contribution in [0.25, 0.3) is 0 Å². The van der Waals surface area contributed by atoms with Crippen molar-refractivity contribution in [3.63, 3.8) is 0 Å². The van der Waals surface area contributed by atoms with Gasteiger partial charge in [0, 0.05) is 12.8 Å². The van der Waals surface area contributed by atoms with Gasteiger partial charge in [0.1, 0.15) is 19.8 Å². The van der Waals surface area contributed by atoms with E-state index >= 15 is 0 Å². The standard InChI is InChI=1S/C84H144NO8P/c1-6-8-10-12-14-16-18-20-22-24-26-28-30-32-34-36-38-40-42-44-46-48-50-52-54-56-58-60-62-64-66-68-70-72-74-76-83(86)90-80-82(81-92-94(88,89)91-79-78-85(3,4)5)93-84(87)77-75-73-71-69-67-65-63-61-59-57-55-53-51-49-47-45-43-41-39-37-35-33-31-29-27-25-23-21-19-17-15-13-11-9-7-2/h8-11,14-17,20-23,26-29,32-35,38-41,82H,6-7,12-13,18-19,24-25,30-31,36-37,42-81H2,1-5H3/p+1/b10-8-,11-9-,16-14-,17-15-,22-20-,23-21-,28-26-,29-27-,34-32-,35-33-,40-38-,41-39-. The first kappa shape index (κ1) is 89.9. The van der Waals surface area contributed by atoms with Gasteiger partial charge in [-0.1, -0.05) is 339 Å². The Morgan fingerprint density at radius 2 is 0.574 bits per heavy atom. The molecule has 9 nitrogen and oxygen atoms in total.